The third kappa shape index (κ3) is 1.91. The average Bonchev–Trinajstić information content (AvgIpc) is 2.26. The highest BCUT2D eigenvalue weighted by Gasteiger charge is 2.05. The molecule has 0 unspecified atom stereocenters. The second-order valence-corrected chi connectivity index (χ2v) is 4.05. The summed E-state index contributed by atoms with van der Waals surface area (Å²) < 4.78 is 13.2. The summed E-state index contributed by atoms with van der Waals surface area (Å²) in [6.07, 6.45) is 0. The number of anilines is 1. The molecule has 2 heteroatoms. The van der Waals surface area contributed by atoms with Gasteiger partial charge in [0.05, 0.1) is 0 Å². The van der Waals surface area contributed by atoms with E-state index in [1.54, 1.807) is 13.0 Å². The van der Waals surface area contributed by atoms with Crippen LogP contribution in [0.15, 0.2) is 36.4 Å². The number of hydrogen-bond acceptors (Lipinski definition) is 1. The number of nitrogens with two attached hydrogens (primary N) is 1. The van der Waals surface area contributed by atoms with Crippen LogP contribution in [-0.2, 0) is 0 Å². The van der Waals surface area contributed by atoms with Gasteiger partial charge >= 0.3 is 0 Å². The molecule has 2 N–H and O–H groups in total. The zero-order valence-electron chi connectivity index (χ0n) is 9.42. The Kier molecular flexibility index (Phi) is 2.65. The fourth-order valence-electron chi connectivity index (χ4n) is 1.73. The molecule has 82 valence electrons. The van der Waals surface area contributed by atoms with E-state index in [1.807, 2.05) is 31.2 Å². The number of benzene rings is 2. The SMILES string of the molecule is Cc1ccc(N)c(-c2ccc(F)c(C)c2)c1. The standard InChI is InChI=1S/C14H14FN/c1-9-3-6-14(16)12(7-9)11-4-5-13(15)10(2)8-11/h3-8H,16H2,1-2H3. The molecule has 0 aliphatic heterocycles. The summed E-state index contributed by atoms with van der Waals surface area (Å²) in [5.74, 6) is -0.185. The molecule has 0 saturated carbocycles. The first kappa shape index (κ1) is 10.7. The van der Waals surface area contributed by atoms with Gasteiger partial charge in [-0.3, -0.25) is 0 Å². The Labute approximate surface area is 94.7 Å². The number of hydrogen-bond donors (Lipinski definition) is 1. The minimum atomic E-state index is -0.185. The fourth-order valence-corrected chi connectivity index (χ4v) is 1.73. The van der Waals surface area contributed by atoms with E-state index in [0.717, 1.165) is 22.4 Å². The van der Waals surface area contributed by atoms with Crippen LogP contribution in [0.5, 0.6) is 0 Å². The Morgan fingerprint density at radius 3 is 2.44 bits per heavy atom. The number of rotatable bonds is 1. The van der Waals surface area contributed by atoms with Crippen LogP contribution in [0.25, 0.3) is 11.1 Å². The van der Waals surface area contributed by atoms with Gasteiger partial charge in [-0.2, -0.15) is 0 Å². The lowest BCUT2D eigenvalue weighted by atomic mass is 10.00. The first-order chi connectivity index (χ1) is 7.58. The minimum Gasteiger partial charge on any atom is -0.398 e. The average molecular weight is 215 g/mol. The van der Waals surface area contributed by atoms with Gasteiger partial charge in [0.15, 0.2) is 0 Å². The second-order valence-electron chi connectivity index (χ2n) is 4.05. The monoisotopic (exact) mass is 215 g/mol. The summed E-state index contributed by atoms with van der Waals surface area (Å²) in [5.41, 5.74) is 10.3. The zero-order valence-corrected chi connectivity index (χ0v) is 9.42. The van der Waals surface area contributed by atoms with E-state index in [1.165, 1.54) is 6.07 Å². The van der Waals surface area contributed by atoms with Crippen molar-refractivity contribution in [2.24, 2.45) is 0 Å². The zero-order chi connectivity index (χ0) is 11.7. The predicted molar refractivity (Wildman–Crippen MR) is 65.7 cm³/mol. The quantitative estimate of drug-likeness (QED) is 0.721. The molecule has 0 amide bonds. The van der Waals surface area contributed by atoms with Crippen molar-refractivity contribution in [3.8, 4) is 11.1 Å². The molecule has 0 saturated heterocycles. The van der Waals surface area contributed by atoms with Gasteiger partial charge in [0.1, 0.15) is 5.82 Å². The largest absolute Gasteiger partial charge is 0.398 e. The number of halogens is 1. The van der Waals surface area contributed by atoms with Crippen molar-refractivity contribution >= 4 is 5.69 Å². The van der Waals surface area contributed by atoms with E-state index in [4.69, 9.17) is 5.73 Å². The van der Waals surface area contributed by atoms with Crippen LogP contribution in [0.1, 0.15) is 11.1 Å². The summed E-state index contributed by atoms with van der Waals surface area (Å²) in [7, 11) is 0. The Morgan fingerprint density at radius 2 is 1.75 bits per heavy atom. The first-order valence-corrected chi connectivity index (χ1v) is 5.20. The van der Waals surface area contributed by atoms with Crippen LogP contribution >= 0.6 is 0 Å². The molecule has 0 spiro atoms. The summed E-state index contributed by atoms with van der Waals surface area (Å²) >= 11 is 0. The molecular formula is C14H14FN. The van der Waals surface area contributed by atoms with Crippen molar-refractivity contribution in [3.05, 3.63) is 53.3 Å². The Bertz CT molecular complexity index is 532. The molecule has 2 aromatic rings. The van der Waals surface area contributed by atoms with Gasteiger partial charge in [-0.1, -0.05) is 17.7 Å². The maximum atomic E-state index is 13.2. The highest BCUT2D eigenvalue weighted by molar-refractivity contribution is 5.77. The van der Waals surface area contributed by atoms with Gasteiger partial charge in [0.25, 0.3) is 0 Å². The van der Waals surface area contributed by atoms with Gasteiger partial charge in [-0.05, 0) is 49.2 Å². The molecule has 2 rings (SSSR count). The molecule has 16 heavy (non-hydrogen) atoms. The molecule has 0 aromatic heterocycles. The summed E-state index contributed by atoms with van der Waals surface area (Å²) in [4.78, 5) is 0. The van der Waals surface area contributed by atoms with Crippen molar-refractivity contribution < 1.29 is 4.39 Å². The lowest BCUT2D eigenvalue weighted by Crippen LogP contribution is -1.92. The molecule has 0 bridgehead atoms. The summed E-state index contributed by atoms with van der Waals surface area (Å²) in [6.45, 7) is 3.77. The van der Waals surface area contributed by atoms with Crippen molar-refractivity contribution in [2.45, 2.75) is 13.8 Å². The molecule has 0 atom stereocenters. The molecular weight excluding hydrogens is 201 g/mol. The van der Waals surface area contributed by atoms with Crippen LogP contribution in [0.4, 0.5) is 10.1 Å². The second kappa shape index (κ2) is 3.97. The highest BCUT2D eigenvalue weighted by Crippen LogP contribution is 2.28. The van der Waals surface area contributed by atoms with Gasteiger partial charge < -0.3 is 5.73 Å². The van der Waals surface area contributed by atoms with E-state index in [0.29, 0.717) is 5.56 Å². The van der Waals surface area contributed by atoms with E-state index in [-0.39, 0.29) is 5.82 Å². The first-order valence-electron chi connectivity index (χ1n) is 5.20. The highest BCUT2D eigenvalue weighted by atomic mass is 19.1. The summed E-state index contributed by atoms with van der Waals surface area (Å²) in [5, 5.41) is 0. The van der Waals surface area contributed by atoms with E-state index < -0.39 is 0 Å². The van der Waals surface area contributed by atoms with Gasteiger partial charge in [0, 0.05) is 11.3 Å². The molecule has 0 aliphatic carbocycles. The van der Waals surface area contributed by atoms with Gasteiger partial charge in [-0.15, -0.1) is 0 Å². The molecule has 0 aliphatic rings. The van der Waals surface area contributed by atoms with Crippen LogP contribution in [0.2, 0.25) is 0 Å². The molecule has 0 radical (unpaired) electrons. The smallest absolute Gasteiger partial charge is 0.126 e. The topological polar surface area (TPSA) is 26.0 Å². The van der Waals surface area contributed by atoms with Crippen molar-refractivity contribution in [1.29, 1.82) is 0 Å². The minimum absolute atomic E-state index is 0.185. The Morgan fingerprint density at radius 1 is 1.00 bits per heavy atom. The third-order valence-electron chi connectivity index (χ3n) is 2.68. The number of aryl methyl sites for hydroxylation is 2. The van der Waals surface area contributed by atoms with Crippen LogP contribution in [-0.4, -0.2) is 0 Å². The van der Waals surface area contributed by atoms with Crippen molar-refractivity contribution in [2.75, 3.05) is 5.73 Å². The van der Waals surface area contributed by atoms with E-state index in [9.17, 15) is 4.39 Å². The van der Waals surface area contributed by atoms with Crippen molar-refractivity contribution in [1.82, 2.24) is 0 Å². The van der Waals surface area contributed by atoms with E-state index >= 15 is 0 Å². The van der Waals surface area contributed by atoms with Crippen LogP contribution < -0.4 is 5.73 Å². The third-order valence-corrected chi connectivity index (χ3v) is 2.68. The van der Waals surface area contributed by atoms with Crippen LogP contribution in [0.3, 0.4) is 0 Å². The lowest BCUT2D eigenvalue weighted by molar-refractivity contribution is 0.619. The molecule has 0 heterocycles. The number of nitrogen functional groups attached to an aromatic ring is 1. The predicted octanol–water partition coefficient (Wildman–Crippen LogP) is 3.69. The molecule has 0 fully saturated rings. The Hall–Kier alpha value is -1.83. The lowest BCUT2D eigenvalue weighted by Gasteiger charge is -2.08. The fraction of sp³-hybridized carbons (Fsp3) is 0.143. The van der Waals surface area contributed by atoms with Gasteiger partial charge in [-0.25, -0.2) is 4.39 Å². The maximum Gasteiger partial charge on any atom is 0.126 e. The van der Waals surface area contributed by atoms with E-state index in [2.05, 4.69) is 0 Å². The maximum absolute atomic E-state index is 13.2. The molecule has 2 aromatic carbocycles. The summed E-state index contributed by atoms with van der Waals surface area (Å²) in [6, 6.07) is 10.9. The molecule has 1 nitrogen and oxygen atoms in total. The van der Waals surface area contributed by atoms with Crippen molar-refractivity contribution in [3.63, 3.8) is 0 Å². The Balaban J connectivity index is 2.58. The normalized spacial score (nSPS) is 10.4. The van der Waals surface area contributed by atoms with Gasteiger partial charge in [0.2, 0.25) is 0 Å². The van der Waals surface area contributed by atoms with Crippen LogP contribution in [0, 0.1) is 19.7 Å².